The Balaban J connectivity index is 1.91. The van der Waals surface area contributed by atoms with Gasteiger partial charge < -0.3 is 13.9 Å². The fourth-order valence-corrected chi connectivity index (χ4v) is 2.61. The molecular weight excluding hydrogens is 284 g/mol. The zero-order valence-electron chi connectivity index (χ0n) is 12.8. The van der Waals surface area contributed by atoms with Gasteiger partial charge in [0.05, 0.1) is 11.2 Å². The summed E-state index contributed by atoms with van der Waals surface area (Å²) >= 11 is 6.44. The maximum atomic E-state index is 6.44. The Labute approximate surface area is 131 Å². The second-order valence-electron chi connectivity index (χ2n) is 6.38. The van der Waals surface area contributed by atoms with Crippen molar-refractivity contribution in [1.29, 1.82) is 0 Å². The molecule has 2 aromatic rings. The molecule has 1 aromatic carbocycles. The summed E-state index contributed by atoms with van der Waals surface area (Å²) in [4.78, 5) is 0. The van der Waals surface area contributed by atoms with Crippen LogP contribution in [-0.4, -0.2) is 22.9 Å². The van der Waals surface area contributed by atoms with Crippen LogP contribution in [0.1, 0.15) is 27.7 Å². The molecule has 1 fully saturated rings. The van der Waals surface area contributed by atoms with Gasteiger partial charge in [0.1, 0.15) is 0 Å². The van der Waals surface area contributed by atoms with Crippen LogP contribution in [0.5, 0.6) is 0 Å². The standard InChI is InChI=1S/C16H19BClNO2/c1-15(2)16(3,4)21-17(20-15)13-8-7-12(11-14(13)18)19-9-5-6-10-19/h5-11H,1-4H3. The molecule has 110 valence electrons. The van der Waals surface area contributed by atoms with Crippen LogP contribution in [0.15, 0.2) is 42.7 Å². The third-order valence-corrected chi connectivity index (χ3v) is 4.72. The first-order chi connectivity index (χ1) is 9.80. The van der Waals surface area contributed by atoms with Crippen molar-refractivity contribution in [1.82, 2.24) is 4.57 Å². The average molecular weight is 304 g/mol. The predicted octanol–water partition coefficient (Wildman–Crippen LogP) is 3.43. The van der Waals surface area contributed by atoms with Crippen LogP contribution < -0.4 is 5.46 Å². The summed E-state index contributed by atoms with van der Waals surface area (Å²) in [5, 5.41) is 0.653. The zero-order valence-corrected chi connectivity index (χ0v) is 13.5. The molecule has 0 bridgehead atoms. The molecule has 0 saturated carbocycles. The van der Waals surface area contributed by atoms with Gasteiger partial charge in [-0.3, -0.25) is 0 Å². The summed E-state index contributed by atoms with van der Waals surface area (Å²) in [5.74, 6) is 0. The molecular formula is C16H19BClNO2. The van der Waals surface area contributed by atoms with Crippen LogP contribution >= 0.6 is 11.6 Å². The number of aromatic nitrogens is 1. The zero-order chi connectivity index (χ0) is 15.3. The summed E-state index contributed by atoms with van der Waals surface area (Å²) < 4.78 is 14.1. The van der Waals surface area contributed by atoms with E-state index in [1.165, 1.54) is 0 Å². The van der Waals surface area contributed by atoms with E-state index in [0.717, 1.165) is 11.2 Å². The summed E-state index contributed by atoms with van der Waals surface area (Å²) in [7, 11) is -0.429. The van der Waals surface area contributed by atoms with E-state index in [9.17, 15) is 0 Å². The van der Waals surface area contributed by atoms with E-state index in [2.05, 4.69) is 0 Å². The first-order valence-corrected chi connectivity index (χ1v) is 7.46. The minimum atomic E-state index is -0.429. The van der Waals surface area contributed by atoms with Gasteiger partial charge in [0.25, 0.3) is 0 Å². The summed E-state index contributed by atoms with van der Waals surface area (Å²) in [6.45, 7) is 8.15. The molecule has 0 radical (unpaired) electrons. The van der Waals surface area contributed by atoms with E-state index in [-0.39, 0.29) is 11.2 Å². The minimum absolute atomic E-state index is 0.361. The van der Waals surface area contributed by atoms with E-state index < -0.39 is 7.12 Å². The molecule has 5 heteroatoms. The van der Waals surface area contributed by atoms with Gasteiger partial charge in [0.2, 0.25) is 0 Å². The van der Waals surface area contributed by atoms with Gasteiger partial charge in [-0.15, -0.1) is 0 Å². The normalized spacial score (nSPS) is 20.0. The predicted molar refractivity (Wildman–Crippen MR) is 86.5 cm³/mol. The lowest BCUT2D eigenvalue weighted by Gasteiger charge is -2.32. The number of hydrogen-bond acceptors (Lipinski definition) is 2. The highest BCUT2D eigenvalue weighted by atomic mass is 35.5. The highest BCUT2D eigenvalue weighted by molar-refractivity contribution is 6.65. The van der Waals surface area contributed by atoms with Gasteiger partial charge in [0.15, 0.2) is 0 Å². The third kappa shape index (κ3) is 2.52. The summed E-state index contributed by atoms with van der Waals surface area (Å²) in [6.07, 6.45) is 3.97. The quantitative estimate of drug-likeness (QED) is 0.794. The van der Waals surface area contributed by atoms with E-state index in [0.29, 0.717) is 5.02 Å². The Morgan fingerprint density at radius 1 is 1.00 bits per heavy atom. The van der Waals surface area contributed by atoms with Crippen molar-refractivity contribution in [3.05, 3.63) is 47.7 Å². The van der Waals surface area contributed by atoms with Crippen molar-refractivity contribution in [3.63, 3.8) is 0 Å². The smallest absolute Gasteiger partial charge is 0.399 e. The average Bonchev–Trinajstić information content (AvgIpc) is 2.96. The van der Waals surface area contributed by atoms with Gasteiger partial charge in [-0.1, -0.05) is 17.7 Å². The van der Waals surface area contributed by atoms with Crippen molar-refractivity contribution in [2.45, 2.75) is 38.9 Å². The molecule has 0 spiro atoms. The lowest BCUT2D eigenvalue weighted by atomic mass is 9.79. The van der Waals surface area contributed by atoms with Crippen LogP contribution in [0, 0.1) is 0 Å². The number of halogens is 1. The molecule has 1 saturated heterocycles. The molecule has 0 unspecified atom stereocenters. The lowest BCUT2D eigenvalue weighted by molar-refractivity contribution is 0.00578. The molecule has 1 aromatic heterocycles. The number of benzene rings is 1. The van der Waals surface area contributed by atoms with E-state index in [1.54, 1.807) is 0 Å². The Morgan fingerprint density at radius 2 is 1.57 bits per heavy atom. The van der Waals surface area contributed by atoms with Crippen molar-refractivity contribution in [2.24, 2.45) is 0 Å². The Morgan fingerprint density at radius 3 is 2.10 bits per heavy atom. The van der Waals surface area contributed by atoms with Crippen molar-refractivity contribution >= 4 is 24.2 Å². The largest absolute Gasteiger partial charge is 0.496 e. The Bertz CT molecular complexity index is 636. The molecule has 1 aliphatic rings. The van der Waals surface area contributed by atoms with E-state index in [4.69, 9.17) is 20.9 Å². The monoisotopic (exact) mass is 303 g/mol. The molecule has 0 amide bonds. The van der Waals surface area contributed by atoms with Gasteiger partial charge in [-0.05, 0) is 52.0 Å². The molecule has 2 heterocycles. The van der Waals surface area contributed by atoms with Crippen LogP contribution in [0.4, 0.5) is 0 Å². The van der Waals surface area contributed by atoms with Crippen molar-refractivity contribution in [3.8, 4) is 5.69 Å². The van der Waals surface area contributed by atoms with Crippen LogP contribution in [0.2, 0.25) is 5.02 Å². The van der Waals surface area contributed by atoms with Crippen LogP contribution in [-0.2, 0) is 9.31 Å². The molecule has 0 atom stereocenters. The minimum Gasteiger partial charge on any atom is -0.399 e. The topological polar surface area (TPSA) is 23.4 Å². The molecule has 0 N–H and O–H groups in total. The summed E-state index contributed by atoms with van der Waals surface area (Å²) in [6, 6.07) is 9.89. The summed E-state index contributed by atoms with van der Waals surface area (Å²) in [5.41, 5.74) is 1.16. The first kappa shape index (κ1) is 14.7. The molecule has 3 nitrogen and oxygen atoms in total. The van der Waals surface area contributed by atoms with Crippen LogP contribution in [0.25, 0.3) is 5.69 Å². The lowest BCUT2D eigenvalue weighted by Crippen LogP contribution is -2.41. The Hall–Kier alpha value is -1.23. The first-order valence-electron chi connectivity index (χ1n) is 7.09. The van der Waals surface area contributed by atoms with Crippen molar-refractivity contribution in [2.75, 3.05) is 0 Å². The number of rotatable bonds is 2. The van der Waals surface area contributed by atoms with Crippen molar-refractivity contribution < 1.29 is 9.31 Å². The van der Waals surface area contributed by atoms with Gasteiger partial charge in [-0.2, -0.15) is 0 Å². The second kappa shape index (κ2) is 4.91. The molecule has 21 heavy (non-hydrogen) atoms. The fourth-order valence-electron chi connectivity index (χ4n) is 2.34. The highest BCUT2D eigenvalue weighted by Crippen LogP contribution is 2.37. The SMILES string of the molecule is CC1(C)OB(c2ccc(-n3cccc3)cc2Cl)OC1(C)C. The number of nitrogens with zero attached hydrogens (tertiary/aromatic N) is 1. The van der Waals surface area contributed by atoms with Gasteiger partial charge >= 0.3 is 7.12 Å². The highest BCUT2D eigenvalue weighted by Gasteiger charge is 2.52. The van der Waals surface area contributed by atoms with Gasteiger partial charge in [-0.25, -0.2) is 0 Å². The van der Waals surface area contributed by atoms with Gasteiger partial charge in [0, 0.05) is 28.6 Å². The molecule has 3 rings (SSSR count). The van der Waals surface area contributed by atoms with E-state index >= 15 is 0 Å². The Kier molecular flexibility index (Phi) is 3.43. The second-order valence-corrected chi connectivity index (χ2v) is 6.79. The maximum Gasteiger partial charge on any atom is 0.496 e. The third-order valence-electron chi connectivity index (χ3n) is 4.39. The maximum absolute atomic E-state index is 6.44. The van der Waals surface area contributed by atoms with E-state index in [1.807, 2.05) is 75.0 Å². The molecule has 0 aliphatic carbocycles. The molecule has 1 aliphatic heterocycles. The number of hydrogen-bond donors (Lipinski definition) is 0. The fraction of sp³-hybridized carbons (Fsp3) is 0.375. The van der Waals surface area contributed by atoms with Crippen LogP contribution in [0.3, 0.4) is 0 Å².